The molecule has 0 bridgehead atoms. The van der Waals surface area contributed by atoms with Gasteiger partial charge in [0.2, 0.25) is 0 Å². The predicted molar refractivity (Wildman–Crippen MR) is 73.6 cm³/mol. The molecule has 2 rings (SSSR count). The Morgan fingerprint density at radius 2 is 2.11 bits per heavy atom. The third-order valence-electron chi connectivity index (χ3n) is 2.46. The second kappa shape index (κ2) is 5.55. The van der Waals surface area contributed by atoms with Gasteiger partial charge in [-0.3, -0.25) is 0 Å². The van der Waals surface area contributed by atoms with Crippen molar-refractivity contribution in [3.05, 3.63) is 46.2 Å². The lowest BCUT2D eigenvalue weighted by atomic mass is 10.1. The number of rotatable bonds is 4. The van der Waals surface area contributed by atoms with Crippen LogP contribution in [0.5, 0.6) is 0 Å². The molecule has 0 aliphatic heterocycles. The molecule has 4 N–H and O–H groups in total. The van der Waals surface area contributed by atoms with E-state index in [2.05, 4.69) is 0 Å². The molecule has 0 radical (unpaired) electrons. The third kappa shape index (κ3) is 3.01. The van der Waals surface area contributed by atoms with E-state index in [-0.39, 0.29) is 0 Å². The lowest BCUT2D eigenvalue weighted by molar-refractivity contribution is 0.0511. The van der Waals surface area contributed by atoms with Crippen LogP contribution in [0.25, 0.3) is 0 Å². The molecule has 0 saturated carbocycles. The van der Waals surface area contributed by atoms with Crippen LogP contribution >= 0.6 is 11.3 Å². The Kier molecular flexibility index (Phi) is 3.84. The van der Waals surface area contributed by atoms with E-state index in [1.807, 2.05) is 17.5 Å². The Labute approximate surface area is 109 Å². The lowest BCUT2D eigenvalue weighted by Gasteiger charge is -2.07. The molecule has 0 unspecified atom stereocenters. The quantitative estimate of drug-likeness (QED) is 0.654. The summed E-state index contributed by atoms with van der Waals surface area (Å²) in [6.07, 6.45) is 0.721. The van der Waals surface area contributed by atoms with Crippen molar-refractivity contribution in [1.29, 1.82) is 0 Å². The zero-order valence-corrected chi connectivity index (χ0v) is 10.6. The van der Waals surface area contributed by atoms with Gasteiger partial charge < -0.3 is 16.2 Å². The smallest absolute Gasteiger partial charge is 0.340 e. The van der Waals surface area contributed by atoms with Gasteiger partial charge in [-0.1, -0.05) is 6.07 Å². The zero-order valence-electron chi connectivity index (χ0n) is 9.76. The van der Waals surface area contributed by atoms with E-state index in [0.717, 1.165) is 6.42 Å². The van der Waals surface area contributed by atoms with E-state index in [1.54, 1.807) is 29.5 Å². The summed E-state index contributed by atoms with van der Waals surface area (Å²) in [4.78, 5) is 13.0. The van der Waals surface area contributed by atoms with Crippen LogP contribution in [0.2, 0.25) is 0 Å². The van der Waals surface area contributed by atoms with Crippen molar-refractivity contribution < 1.29 is 9.53 Å². The molecule has 0 amide bonds. The number of carbonyl (C=O) groups excluding carboxylic acids is 1. The standard InChI is InChI=1S/C13H14N2O2S/c14-9-3-4-11(12(15)8-9)13(16)17-6-5-10-2-1-7-18-10/h1-4,7-8H,5-6,14-15H2. The summed E-state index contributed by atoms with van der Waals surface area (Å²) in [5.74, 6) is -0.413. The number of thiophene rings is 1. The summed E-state index contributed by atoms with van der Waals surface area (Å²) < 4.78 is 5.17. The van der Waals surface area contributed by atoms with Crippen molar-refractivity contribution in [3.63, 3.8) is 0 Å². The molecule has 4 nitrogen and oxygen atoms in total. The van der Waals surface area contributed by atoms with Gasteiger partial charge in [0.25, 0.3) is 0 Å². The first-order valence-corrected chi connectivity index (χ1v) is 6.39. The number of nitrogen functional groups attached to an aromatic ring is 2. The summed E-state index contributed by atoms with van der Waals surface area (Å²) in [6, 6.07) is 8.75. The minimum atomic E-state index is -0.413. The molecule has 2 aromatic rings. The molecule has 1 aromatic carbocycles. The van der Waals surface area contributed by atoms with Crippen molar-refractivity contribution in [1.82, 2.24) is 0 Å². The van der Waals surface area contributed by atoms with E-state index in [0.29, 0.717) is 23.5 Å². The molecule has 0 atom stereocenters. The van der Waals surface area contributed by atoms with Crippen molar-refractivity contribution >= 4 is 28.7 Å². The van der Waals surface area contributed by atoms with Crippen molar-refractivity contribution in [3.8, 4) is 0 Å². The average Bonchev–Trinajstić information content (AvgIpc) is 2.81. The number of nitrogens with two attached hydrogens (primary N) is 2. The Morgan fingerprint density at radius 1 is 1.28 bits per heavy atom. The van der Waals surface area contributed by atoms with Gasteiger partial charge in [0.1, 0.15) is 0 Å². The average molecular weight is 262 g/mol. The maximum absolute atomic E-state index is 11.8. The van der Waals surface area contributed by atoms with Crippen molar-refractivity contribution in [2.45, 2.75) is 6.42 Å². The predicted octanol–water partition coefficient (Wildman–Crippen LogP) is 2.31. The highest BCUT2D eigenvalue weighted by Gasteiger charge is 2.11. The molecule has 0 saturated heterocycles. The number of hydrogen-bond donors (Lipinski definition) is 2. The molecule has 0 spiro atoms. The second-order valence-electron chi connectivity index (χ2n) is 3.81. The fourth-order valence-corrected chi connectivity index (χ4v) is 2.23. The van der Waals surface area contributed by atoms with E-state index in [4.69, 9.17) is 16.2 Å². The fourth-order valence-electron chi connectivity index (χ4n) is 1.54. The maximum atomic E-state index is 11.8. The lowest BCUT2D eigenvalue weighted by Crippen LogP contribution is -2.10. The van der Waals surface area contributed by atoms with E-state index in [9.17, 15) is 4.79 Å². The largest absolute Gasteiger partial charge is 0.462 e. The van der Waals surface area contributed by atoms with Crippen LogP contribution in [-0.4, -0.2) is 12.6 Å². The minimum Gasteiger partial charge on any atom is -0.462 e. The summed E-state index contributed by atoms with van der Waals surface area (Å²) in [6.45, 7) is 0.350. The molecule has 0 aliphatic rings. The Balaban J connectivity index is 1.91. The van der Waals surface area contributed by atoms with Crippen LogP contribution in [-0.2, 0) is 11.2 Å². The van der Waals surface area contributed by atoms with Gasteiger partial charge >= 0.3 is 5.97 Å². The number of carbonyl (C=O) groups is 1. The highest BCUT2D eigenvalue weighted by molar-refractivity contribution is 7.09. The Bertz CT molecular complexity index is 538. The highest BCUT2D eigenvalue weighted by atomic mass is 32.1. The van der Waals surface area contributed by atoms with Gasteiger partial charge in [0, 0.05) is 22.7 Å². The number of hydrogen-bond acceptors (Lipinski definition) is 5. The second-order valence-corrected chi connectivity index (χ2v) is 4.84. The number of benzene rings is 1. The van der Waals surface area contributed by atoms with Crippen LogP contribution in [0, 0.1) is 0 Å². The first-order chi connectivity index (χ1) is 8.66. The molecular weight excluding hydrogens is 248 g/mol. The van der Waals surface area contributed by atoms with E-state index >= 15 is 0 Å². The van der Waals surface area contributed by atoms with Crippen LogP contribution < -0.4 is 11.5 Å². The molecule has 18 heavy (non-hydrogen) atoms. The number of anilines is 2. The molecule has 1 heterocycles. The third-order valence-corrected chi connectivity index (χ3v) is 3.39. The maximum Gasteiger partial charge on any atom is 0.340 e. The van der Waals surface area contributed by atoms with Gasteiger partial charge in [-0.05, 0) is 29.6 Å². The van der Waals surface area contributed by atoms with Gasteiger partial charge in [0.15, 0.2) is 0 Å². The first kappa shape index (κ1) is 12.4. The number of esters is 1. The SMILES string of the molecule is Nc1ccc(C(=O)OCCc2cccs2)c(N)c1. The number of ether oxygens (including phenoxy) is 1. The van der Waals surface area contributed by atoms with Gasteiger partial charge in [-0.2, -0.15) is 0 Å². The molecule has 1 aromatic heterocycles. The van der Waals surface area contributed by atoms with Crippen LogP contribution in [0.15, 0.2) is 35.7 Å². The van der Waals surface area contributed by atoms with Crippen molar-refractivity contribution in [2.24, 2.45) is 0 Å². The zero-order chi connectivity index (χ0) is 13.0. The summed E-state index contributed by atoms with van der Waals surface area (Å²) >= 11 is 1.64. The van der Waals surface area contributed by atoms with Crippen LogP contribution in [0.1, 0.15) is 15.2 Å². The summed E-state index contributed by atoms with van der Waals surface area (Å²) in [7, 11) is 0. The highest BCUT2D eigenvalue weighted by Crippen LogP contribution is 2.17. The van der Waals surface area contributed by atoms with Crippen LogP contribution in [0.3, 0.4) is 0 Å². The van der Waals surface area contributed by atoms with E-state index in [1.165, 1.54) is 4.88 Å². The van der Waals surface area contributed by atoms with Gasteiger partial charge in [0.05, 0.1) is 12.2 Å². The molecule has 0 fully saturated rings. The van der Waals surface area contributed by atoms with Gasteiger partial charge in [-0.25, -0.2) is 4.79 Å². The van der Waals surface area contributed by atoms with Crippen LogP contribution in [0.4, 0.5) is 11.4 Å². The normalized spacial score (nSPS) is 10.2. The fraction of sp³-hybridized carbons (Fsp3) is 0.154. The van der Waals surface area contributed by atoms with Crippen molar-refractivity contribution in [2.75, 3.05) is 18.1 Å². The first-order valence-electron chi connectivity index (χ1n) is 5.51. The molecular formula is C13H14N2O2S. The molecule has 0 aliphatic carbocycles. The van der Waals surface area contributed by atoms with E-state index < -0.39 is 5.97 Å². The minimum absolute atomic E-state index is 0.344. The summed E-state index contributed by atoms with van der Waals surface area (Å²) in [5, 5.41) is 2.00. The Hall–Kier alpha value is -2.01. The summed E-state index contributed by atoms with van der Waals surface area (Å²) in [5.41, 5.74) is 12.5. The monoisotopic (exact) mass is 262 g/mol. The van der Waals surface area contributed by atoms with Gasteiger partial charge in [-0.15, -0.1) is 11.3 Å². The topological polar surface area (TPSA) is 78.3 Å². The molecule has 94 valence electrons. The Morgan fingerprint density at radius 3 is 2.78 bits per heavy atom. The molecule has 5 heteroatoms.